The summed E-state index contributed by atoms with van der Waals surface area (Å²) in [6, 6.07) is 2.10. The molecule has 0 radical (unpaired) electrons. The summed E-state index contributed by atoms with van der Waals surface area (Å²) in [5.74, 6) is -0.00236. The number of aromatic nitrogens is 2. The second-order valence-electron chi connectivity index (χ2n) is 7.24. The van der Waals surface area contributed by atoms with Gasteiger partial charge in [-0.3, -0.25) is 9.78 Å². The van der Waals surface area contributed by atoms with Crippen LogP contribution < -0.4 is 0 Å². The van der Waals surface area contributed by atoms with Crippen molar-refractivity contribution in [1.82, 2.24) is 14.9 Å². The maximum Gasteiger partial charge on any atom is 0.273 e. The van der Waals surface area contributed by atoms with Crippen LogP contribution in [0.4, 0.5) is 0 Å². The third-order valence-corrected chi connectivity index (χ3v) is 5.72. The molecule has 2 aliphatic heterocycles. The van der Waals surface area contributed by atoms with E-state index in [9.17, 15) is 4.79 Å². The van der Waals surface area contributed by atoms with Gasteiger partial charge in [0.2, 0.25) is 0 Å². The Morgan fingerprint density at radius 2 is 2.27 bits per heavy atom. The monoisotopic (exact) mass is 373 g/mol. The zero-order valence-electron chi connectivity index (χ0n) is 15.1. The Balaban J connectivity index is 1.31. The van der Waals surface area contributed by atoms with E-state index in [1.54, 1.807) is 0 Å². The number of carbonyl (C=O) groups excluding carboxylic acids is 1. The van der Waals surface area contributed by atoms with E-state index in [-0.39, 0.29) is 17.6 Å². The second-order valence-corrected chi connectivity index (χ2v) is 8.30. The standard InChI is InChI=1S/C19H23N3O3S/c1-13-5-15(8-20-7-13)9-24-16-3-4-25-19(6-16)11-22(12-19)18(23)17-10-26-14(2)21-17/h5,7-8,10,16H,3-4,6,9,11-12H2,1-2H3. The quantitative estimate of drug-likeness (QED) is 0.825. The Bertz CT molecular complexity index is 801. The molecule has 7 heteroatoms. The number of likely N-dealkylation sites (tertiary alicyclic amines) is 1. The van der Waals surface area contributed by atoms with Gasteiger partial charge in [0, 0.05) is 30.8 Å². The number of nitrogens with zero attached hydrogens (tertiary/aromatic N) is 3. The molecule has 1 atom stereocenters. The van der Waals surface area contributed by atoms with Gasteiger partial charge in [0.15, 0.2) is 0 Å². The third-order valence-electron chi connectivity index (χ3n) is 4.95. The first kappa shape index (κ1) is 17.6. The van der Waals surface area contributed by atoms with Crippen molar-refractivity contribution >= 4 is 17.2 Å². The molecule has 0 saturated carbocycles. The number of thiazole rings is 1. The first-order valence-electron chi connectivity index (χ1n) is 8.90. The molecule has 0 bridgehead atoms. The summed E-state index contributed by atoms with van der Waals surface area (Å²) in [6.45, 7) is 6.42. The van der Waals surface area contributed by atoms with Crippen LogP contribution in [0.2, 0.25) is 0 Å². The van der Waals surface area contributed by atoms with Crippen molar-refractivity contribution in [2.75, 3.05) is 19.7 Å². The predicted octanol–water partition coefficient (Wildman–Crippen LogP) is 2.75. The summed E-state index contributed by atoms with van der Waals surface area (Å²) in [7, 11) is 0. The molecular weight excluding hydrogens is 350 g/mol. The first-order valence-corrected chi connectivity index (χ1v) is 9.78. The molecule has 2 aliphatic rings. The molecule has 2 aromatic heterocycles. The molecular formula is C19H23N3O3S. The Hall–Kier alpha value is -1.83. The number of aryl methyl sites for hydroxylation is 2. The van der Waals surface area contributed by atoms with E-state index in [0.29, 0.717) is 32.0 Å². The zero-order chi connectivity index (χ0) is 18.1. The SMILES string of the molecule is Cc1cncc(COC2CCOC3(C2)CN(C(=O)c2csc(C)n2)C3)c1. The van der Waals surface area contributed by atoms with Crippen molar-refractivity contribution in [2.24, 2.45) is 0 Å². The molecule has 26 heavy (non-hydrogen) atoms. The first-order chi connectivity index (χ1) is 12.5. The smallest absolute Gasteiger partial charge is 0.273 e. The Morgan fingerprint density at radius 1 is 1.42 bits per heavy atom. The lowest BCUT2D eigenvalue weighted by Crippen LogP contribution is -2.67. The van der Waals surface area contributed by atoms with Crippen LogP contribution in [0, 0.1) is 13.8 Å². The molecule has 0 aromatic carbocycles. The molecule has 1 unspecified atom stereocenters. The fourth-order valence-corrected chi connectivity index (χ4v) is 4.26. The van der Waals surface area contributed by atoms with Crippen LogP contribution >= 0.6 is 11.3 Å². The summed E-state index contributed by atoms with van der Waals surface area (Å²) < 4.78 is 12.1. The van der Waals surface area contributed by atoms with Crippen LogP contribution in [0.3, 0.4) is 0 Å². The lowest BCUT2D eigenvalue weighted by atomic mass is 9.84. The van der Waals surface area contributed by atoms with Crippen molar-refractivity contribution in [2.45, 2.75) is 45.0 Å². The summed E-state index contributed by atoms with van der Waals surface area (Å²) >= 11 is 1.50. The van der Waals surface area contributed by atoms with Crippen molar-refractivity contribution in [1.29, 1.82) is 0 Å². The Morgan fingerprint density at radius 3 is 3.00 bits per heavy atom. The lowest BCUT2D eigenvalue weighted by Gasteiger charge is -2.52. The van der Waals surface area contributed by atoms with Gasteiger partial charge >= 0.3 is 0 Å². The molecule has 0 N–H and O–H groups in total. The summed E-state index contributed by atoms with van der Waals surface area (Å²) in [5.41, 5.74) is 2.52. The van der Waals surface area contributed by atoms with Crippen LogP contribution in [0.5, 0.6) is 0 Å². The average Bonchev–Trinajstić information content (AvgIpc) is 3.04. The molecule has 1 spiro atoms. The van der Waals surface area contributed by atoms with Gasteiger partial charge in [-0.1, -0.05) is 6.07 Å². The van der Waals surface area contributed by atoms with Gasteiger partial charge in [0.25, 0.3) is 5.91 Å². The average molecular weight is 373 g/mol. The Labute approximate surface area is 157 Å². The zero-order valence-corrected chi connectivity index (χ0v) is 15.9. The molecule has 2 aromatic rings. The van der Waals surface area contributed by atoms with Gasteiger partial charge in [-0.05, 0) is 31.4 Å². The van der Waals surface area contributed by atoms with Crippen LogP contribution in [-0.4, -0.2) is 52.2 Å². The largest absolute Gasteiger partial charge is 0.373 e. The number of pyridine rings is 1. The highest BCUT2D eigenvalue weighted by atomic mass is 32.1. The fourth-order valence-electron chi connectivity index (χ4n) is 3.67. The Kier molecular flexibility index (Phi) is 4.77. The summed E-state index contributed by atoms with van der Waals surface area (Å²) in [6.07, 6.45) is 5.56. The molecule has 2 fully saturated rings. The predicted molar refractivity (Wildman–Crippen MR) is 98.2 cm³/mol. The van der Waals surface area contributed by atoms with Crippen LogP contribution in [0.15, 0.2) is 23.8 Å². The molecule has 4 rings (SSSR count). The summed E-state index contributed by atoms with van der Waals surface area (Å²) in [4.78, 5) is 22.8. The third kappa shape index (κ3) is 3.65. The molecule has 0 aliphatic carbocycles. The number of hydrogen-bond donors (Lipinski definition) is 0. The lowest BCUT2D eigenvalue weighted by molar-refractivity contribution is -0.188. The molecule has 6 nitrogen and oxygen atoms in total. The minimum Gasteiger partial charge on any atom is -0.373 e. The van der Waals surface area contributed by atoms with Crippen LogP contribution in [0.25, 0.3) is 0 Å². The number of carbonyl (C=O) groups is 1. The van der Waals surface area contributed by atoms with Crippen molar-refractivity contribution < 1.29 is 14.3 Å². The number of amides is 1. The van der Waals surface area contributed by atoms with Gasteiger partial charge in [0.05, 0.1) is 30.8 Å². The van der Waals surface area contributed by atoms with E-state index < -0.39 is 0 Å². The topological polar surface area (TPSA) is 64.6 Å². The maximum absolute atomic E-state index is 12.5. The van der Waals surface area contributed by atoms with E-state index in [2.05, 4.69) is 16.0 Å². The maximum atomic E-state index is 12.5. The molecule has 138 valence electrons. The highest BCUT2D eigenvalue weighted by Gasteiger charge is 2.50. The minimum absolute atomic E-state index is 0.00236. The highest BCUT2D eigenvalue weighted by molar-refractivity contribution is 7.09. The summed E-state index contributed by atoms with van der Waals surface area (Å²) in [5, 5.41) is 2.74. The van der Waals surface area contributed by atoms with Crippen molar-refractivity contribution in [3.05, 3.63) is 45.7 Å². The van der Waals surface area contributed by atoms with E-state index in [4.69, 9.17) is 9.47 Å². The minimum atomic E-state index is -0.255. The molecule has 4 heterocycles. The van der Waals surface area contributed by atoms with E-state index >= 15 is 0 Å². The van der Waals surface area contributed by atoms with Crippen LogP contribution in [-0.2, 0) is 16.1 Å². The van der Waals surface area contributed by atoms with E-state index in [0.717, 1.165) is 29.0 Å². The fraction of sp³-hybridized carbons (Fsp3) is 0.526. The number of ether oxygens (including phenoxy) is 2. The second kappa shape index (κ2) is 7.06. The van der Waals surface area contributed by atoms with Crippen LogP contribution in [0.1, 0.15) is 39.5 Å². The van der Waals surface area contributed by atoms with E-state index in [1.165, 1.54) is 11.3 Å². The van der Waals surface area contributed by atoms with Gasteiger partial charge in [-0.25, -0.2) is 4.98 Å². The van der Waals surface area contributed by atoms with Crippen molar-refractivity contribution in [3.63, 3.8) is 0 Å². The van der Waals surface area contributed by atoms with Gasteiger partial charge in [-0.15, -0.1) is 11.3 Å². The van der Waals surface area contributed by atoms with Crippen molar-refractivity contribution in [3.8, 4) is 0 Å². The molecule has 2 saturated heterocycles. The molecule has 1 amide bonds. The number of hydrogen-bond acceptors (Lipinski definition) is 6. The van der Waals surface area contributed by atoms with Gasteiger partial charge in [-0.2, -0.15) is 0 Å². The van der Waals surface area contributed by atoms with Gasteiger partial charge in [0.1, 0.15) is 11.3 Å². The highest BCUT2D eigenvalue weighted by Crippen LogP contribution is 2.36. The normalized spacial score (nSPS) is 21.6. The number of rotatable bonds is 4. The van der Waals surface area contributed by atoms with Gasteiger partial charge < -0.3 is 14.4 Å². The van der Waals surface area contributed by atoms with E-state index in [1.807, 2.05) is 36.5 Å².